The van der Waals surface area contributed by atoms with Gasteiger partial charge in [-0.3, -0.25) is 24.2 Å². The van der Waals surface area contributed by atoms with E-state index in [0.29, 0.717) is 0 Å². The van der Waals surface area contributed by atoms with Crippen molar-refractivity contribution >= 4 is 29.6 Å². The molecule has 1 heterocycles. The Morgan fingerprint density at radius 1 is 0.840 bits per heavy atom. The maximum Gasteiger partial charge on any atom is 0.322 e. The molecule has 10 heteroatoms. The van der Waals surface area contributed by atoms with Crippen LogP contribution in [-0.4, -0.2) is 63.4 Å². The standard InChI is InChI=1S/C8H8O8.C7H10N2/c9-3(10)7(4(11)12)1-2-8(7,5(13)14)6(15)16;1-9(2)7-3-5-8-6-4-7/h1-2H2,(H,9,10)(H,11,12)(H,13,14)(H,15,16);3-6H,1-2H3. The molecule has 0 atom stereocenters. The number of aromatic nitrogens is 1. The van der Waals surface area contributed by atoms with Gasteiger partial charge >= 0.3 is 23.9 Å². The van der Waals surface area contributed by atoms with Gasteiger partial charge in [0.2, 0.25) is 0 Å². The van der Waals surface area contributed by atoms with E-state index in [1.807, 2.05) is 31.1 Å². The third-order valence-electron chi connectivity index (χ3n) is 4.24. The molecule has 0 radical (unpaired) electrons. The van der Waals surface area contributed by atoms with Crippen molar-refractivity contribution in [1.29, 1.82) is 0 Å². The topological polar surface area (TPSA) is 165 Å². The third kappa shape index (κ3) is 3.10. The van der Waals surface area contributed by atoms with Gasteiger partial charge in [-0.15, -0.1) is 0 Å². The summed E-state index contributed by atoms with van der Waals surface area (Å²) in [6.07, 6.45) is 2.54. The first-order valence-corrected chi connectivity index (χ1v) is 7.05. The molecule has 0 bridgehead atoms. The molecule has 1 aromatic heterocycles. The number of nitrogens with zero attached hydrogens (tertiary/aromatic N) is 2. The molecule has 1 saturated carbocycles. The van der Waals surface area contributed by atoms with E-state index in [-0.39, 0.29) is 0 Å². The zero-order valence-electron chi connectivity index (χ0n) is 13.5. The van der Waals surface area contributed by atoms with E-state index in [0.717, 1.165) is 0 Å². The SMILES string of the molecule is CN(C)c1ccncc1.O=C(O)C1(C(=O)O)CCC1(C(=O)O)C(=O)O. The summed E-state index contributed by atoms with van der Waals surface area (Å²) >= 11 is 0. The minimum Gasteiger partial charge on any atom is -0.480 e. The Morgan fingerprint density at radius 2 is 1.16 bits per heavy atom. The molecular weight excluding hydrogens is 336 g/mol. The molecule has 4 N–H and O–H groups in total. The maximum absolute atomic E-state index is 10.9. The lowest BCUT2D eigenvalue weighted by Gasteiger charge is -2.47. The molecule has 1 aliphatic rings. The maximum atomic E-state index is 10.9. The monoisotopic (exact) mass is 354 g/mol. The van der Waals surface area contributed by atoms with Gasteiger partial charge in [0.25, 0.3) is 0 Å². The first kappa shape index (κ1) is 19.9. The van der Waals surface area contributed by atoms with Crippen LogP contribution in [0.25, 0.3) is 0 Å². The molecular formula is C15H18N2O8. The van der Waals surface area contributed by atoms with Crippen molar-refractivity contribution in [1.82, 2.24) is 4.98 Å². The van der Waals surface area contributed by atoms with Crippen LogP contribution in [0.2, 0.25) is 0 Å². The molecule has 10 nitrogen and oxygen atoms in total. The fourth-order valence-electron chi connectivity index (χ4n) is 2.61. The average Bonchev–Trinajstić information content (AvgIpc) is 2.46. The van der Waals surface area contributed by atoms with Crippen LogP contribution in [-0.2, 0) is 19.2 Å². The molecule has 136 valence electrons. The summed E-state index contributed by atoms with van der Waals surface area (Å²) in [7, 11) is 4.02. The Morgan fingerprint density at radius 3 is 1.32 bits per heavy atom. The lowest BCUT2D eigenvalue weighted by molar-refractivity contribution is -0.211. The van der Waals surface area contributed by atoms with Gasteiger partial charge in [0.1, 0.15) is 0 Å². The molecule has 0 saturated heterocycles. The van der Waals surface area contributed by atoms with Crippen LogP contribution in [0.15, 0.2) is 24.5 Å². The summed E-state index contributed by atoms with van der Waals surface area (Å²) in [4.78, 5) is 49.4. The second-order valence-corrected chi connectivity index (χ2v) is 5.63. The lowest BCUT2D eigenvalue weighted by atomic mass is 9.49. The highest BCUT2D eigenvalue weighted by Gasteiger charge is 2.77. The number of hydrogen-bond donors (Lipinski definition) is 4. The van der Waals surface area contributed by atoms with Crippen molar-refractivity contribution in [2.24, 2.45) is 10.8 Å². The van der Waals surface area contributed by atoms with Gasteiger partial charge in [0.05, 0.1) is 0 Å². The Bertz CT molecular complexity index is 620. The van der Waals surface area contributed by atoms with Crippen molar-refractivity contribution in [2.75, 3.05) is 19.0 Å². The second kappa shape index (κ2) is 7.16. The summed E-state index contributed by atoms with van der Waals surface area (Å²) < 4.78 is 0. The number of carboxylic acids is 4. The molecule has 25 heavy (non-hydrogen) atoms. The third-order valence-corrected chi connectivity index (χ3v) is 4.24. The van der Waals surface area contributed by atoms with E-state index < -0.39 is 47.5 Å². The predicted molar refractivity (Wildman–Crippen MR) is 83.2 cm³/mol. The van der Waals surface area contributed by atoms with Crippen LogP contribution in [0.5, 0.6) is 0 Å². The summed E-state index contributed by atoms with van der Waals surface area (Å²) in [5, 5.41) is 35.1. The van der Waals surface area contributed by atoms with Crippen molar-refractivity contribution < 1.29 is 39.6 Å². The van der Waals surface area contributed by atoms with Crippen LogP contribution < -0.4 is 4.90 Å². The number of rotatable bonds is 5. The lowest BCUT2D eigenvalue weighted by Crippen LogP contribution is -2.67. The molecule has 0 unspecified atom stereocenters. The van der Waals surface area contributed by atoms with Gasteiger partial charge in [-0.2, -0.15) is 0 Å². The van der Waals surface area contributed by atoms with Crippen molar-refractivity contribution in [3.05, 3.63) is 24.5 Å². The average molecular weight is 354 g/mol. The van der Waals surface area contributed by atoms with Gasteiger partial charge in [-0.25, -0.2) is 0 Å². The van der Waals surface area contributed by atoms with E-state index in [4.69, 9.17) is 20.4 Å². The number of pyridine rings is 1. The second-order valence-electron chi connectivity index (χ2n) is 5.63. The summed E-state index contributed by atoms with van der Waals surface area (Å²) in [6, 6.07) is 3.94. The van der Waals surface area contributed by atoms with E-state index >= 15 is 0 Å². The van der Waals surface area contributed by atoms with Crippen LogP contribution >= 0.6 is 0 Å². The molecule has 0 amide bonds. The fourth-order valence-corrected chi connectivity index (χ4v) is 2.61. The van der Waals surface area contributed by atoms with Gasteiger partial charge in [0, 0.05) is 32.2 Å². The van der Waals surface area contributed by atoms with Gasteiger partial charge in [0.15, 0.2) is 10.8 Å². The Kier molecular flexibility index (Phi) is 5.69. The van der Waals surface area contributed by atoms with E-state index in [1.165, 1.54) is 5.69 Å². The normalized spacial score (nSPS) is 16.4. The highest BCUT2D eigenvalue weighted by molar-refractivity contribution is 6.14. The van der Waals surface area contributed by atoms with Crippen molar-refractivity contribution in [3.8, 4) is 0 Å². The van der Waals surface area contributed by atoms with Crippen LogP contribution in [0.3, 0.4) is 0 Å². The van der Waals surface area contributed by atoms with Crippen LogP contribution in [0.1, 0.15) is 12.8 Å². The quantitative estimate of drug-likeness (QED) is 0.538. The van der Waals surface area contributed by atoms with Crippen LogP contribution in [0, 0.1) is 10.8 Å². The highest BCUT2D eigenvalue weighted by atomic mass is 16.4. The molecule has 1 aliphatic carbocycles. The minimum atomic E-state index is -2.79. The van der Waals surface area contributed by atoms with Gasteiger partial charge in [-0.05, 0) is 25.0 Å². The fraction of sp³-hybridized carbons (Fsp3) is 0.400. The Hall–Kier alpha value is -3.17. The first-order chi connectivity index (χ1) is 11.5. The van der Waals surface area contributed by atoms with Crippen molar-refractivity contribution in [2.45, 2.75) is 12.8 Å². The number of hydrogen-bond acceptors (Lipinski definition) is 6. The highest BCUT2D eigenvalue weighted by Crippen LogP contribution is 2.57. The zero-order valence-corrected chi connectivity index (χ0v) is 13.5. The molecule has 1 aromatic rings. The molecule has 1 fully saturated rings. The number of carbonyl (C=O) groups is 4. The summed E-state index contributed by atoms with van der Waals surface area (Å²) in [5.41, 5.74) is -4.39. The van der Waals surface area contributed by atoms with Crippen molar-refractivity contribution in [3.63, 3.8) is 0 Å². The van der Waals surface area contributed by atoms with E-state index in [2.05, 4.69) is 4.98 Å². The molecule has 2 rings (SSSR count). The predicted octanol–water partition coefficient (Wildman–Crippen LogP) is 0.239. The first-order valence-electron chi connectivity index (χ1n) is 7.05. The van der Waals surface area contributed by atoms with Crippen LogP contribution in [0.4, 0.5) is 5.69 Å². The Labute approximate surface area is 142 Å². The van der Waals surface area contributed by atoms with E-state index in [1.54, 1.807) is 12.4 Å². The number of anilines is 1. The van der Waals surface area contributed by atoms with Gasteiger partial charge in [-0.1, -0.05) is 0 Å². The smallest absolute Gasteiger partial charge is 0.322 e. The molecule has 0 aromatic carbocycles. The van der Waals surface area contributed by atoms with Gasteiger partial charge < -0.3 is 25.3 Å². The van der Waals surface area contributed by atoms with E-state index in [9.17, 15) is 19.2 Å². The number of aliphatic carboxylic acids is 4. The Balaban J connectivity index is 0.000000293. The number of carboxylic acid groups (broad SMARTS) is 4. The zero-order chi connectivity index (χ0) is 19.4. The molecule has 0 spiro atoms. The minimum absolute atomic E-state index is 0.518. The molecule has 0 aliphatic heterocycles. The summed E-state index contributed by atoms with van der Waals surface area (Å²) in [5.74, 6) is -7.79. The summed E-state index contributed by atoms with van der Waals surface area (Å²) in [6.45, 7) is 0. The largest absolute Gasteiger partial charge is 0.480 e.